The lowest BCUT2D eigenvalue weighted by atomic mass is 10.0. The van der Waals surface area contributed by atoms with E-state index in [9.17, 15) is 9.59 Å². The van der Waals surface area contributed by atoms with Gasteiger partial charge in [0.1, 0.15) is 6.04 Å². The smallest absolute Gasteiger partial charge is 0.243 e. The molecule has 166 valence electrons. The highest BCUT2D eigenvalue weighted by atomic mass is 16.2. The fourth-order valence-corrected chi connectivity index (χ4v) is 4.74. The summed E-state index contributed by atoms with van der Waals surface area (Å²) >= 11 is 0. The zero-order valence-electron chi connectivity index (χ0n) is 19.4. The van der Waals surface area contributed by atoms with Gasteiger partial charge in [-0.05, 0) is 51.2 Å². The molecule has 1 aliphatic rings. The Kier molecular flexibility index (Phi) is 7.89. The van der Waals surface area contributed by atoms with Crippen LogP contribution in [0.5, 0.6) is 0 Å². The van der Waals surface area contributed by atoms with Crippen molar-refractivity contribution in [1.82, 2.24) is 10.2 Å². The number of carbonyl (C=O) groups excluding carboxylic acids is 2. The highest BCUT2D eigenvalue weighted by Crippen LogP contribution is 2.20. The molecular weight excluding hydrogens is 384 g/mol. The van der Waals surface area contributed by atoms with Crippen molar-refractivity contribution >= 4 is 11.8 Å². The molecule has 2 aromatic rings. The molecule has 4 heteroatoms. The normalized spacial score (nSPS) is 15.0. The maximum absolute atomic E-state index is 13.5. The van der Waals surface area contributed by atoms with Crippen LogP contribution in [0, 0.1) is 20.8 Å². The number of nitrogens with one attached hydrogen (secondary N) is 1. The highest BCUT2D eigenvalue weighted by molar-refractivity contribution is 5.88. The molecule has 2 aromatic carbocycles. The summed E-state index contributed by atoms with van der Waals surface area (Å²) in [4.78, 5) is 28.5. The van der Waals surface area contributed by atoms with E-state index in [1.165, 1.54) is 12.8 Å². The third-order valence-corrected chi connectivity index (χ3v) is 6.16. The Bertz CT molecular complexity index is 895. The van der Waals surface area contributed by atoms with Gasteiger partial charge in [-0.25, -0.2) is 0 Å². The highest BCUT2D eigenvalue weighted by Gasteiger charge is 2.30. The van der Waals surface area contributed by atoms with Crippen molar-refractivity contribution in [2.24, 2.45) is 0 Å². The maximum Gasteiger partial charge on any atom is 0.243 e. The predicted octanol–water partition coefficient (Wildman–Crippen LogP) is 5.02. The minimum Gasteiger partial charge on any atom is -0.352 e. The number of hydrogen-bond donors (Lipinski definition) is 1. The molecule has 1 N–H and O–H groups in total. The molecule has 0 aliphatic heterocycles. The van der Waals surface area contributed by atoms with Crippen LogP contribution in [0.25, 0.3) is 0 Å². The van der Waals surface area contributed by atoms with Gasteiger partial charge in [-0.15, -0.1) is 0 Å². The first-order chi connectivity index (χ1) is 14.9. The van der Waals surface area contributed by atoms with Gasteiger partial charge in [0, 0.05) is 12.6 Å². The third kappa shape index (κ3) is 6.43. The lowest BCUT2D eigenvalue weighted by Crippen LogP contribution is -2.51. The largest absolute Gasteiger partial charge is 0.352 e. The van der Waals surface area contributed by atoms with Gasteiger partial charge >= 0.3 is 0 Å². The number of aryl methyl sites for hydroxylation is 3. The fraction of sp³-hybridized carbons (Fsp3) is 0.481. The van der Waals surface area contributed by atoms with Gasteiger partial charge in [0.25, 0.3) is 0 Å². The van der Waals surface area contributed by atoms with Crippen LogP contribution in [0.3, 0.4) is 0 Å². The summed E-state index contributed by atoms with van der Waals surface area (Å²) in [6.07, 6.45) is 5.32. The Labute approximate surface area is 187 Å². The molecule has 1 aliphatic carbocycles. The molecule has 0 saturated heterocycles. The van der Waals surface area contributed by atoms with E-state index in [2.05, 4.69) is 56.4 Å². The van der Waals surface area contributed by atoms with Crippen molar-refractivity contribution in [3.63, 3.8) is 0 Å². The van der Waals surface area contributed by atoms with Gasteiger partial charge in [0.2, 0.25) is 11.8 Å². The van der Waals surface area contributed by atoms with Crippen LogP contribution >= 0.6 is 0 Å². The molecule has 0 bridgehead atoms. The van der Waals surface area contributed by atoms with Crippen LogP contribution in [-0.2, 0) is 22.6 Å². The number of amides is 2. The van der Waals surface area contributed by atoms with Gasteiger partial charge in [-0.2, -0.15) is 0 Å². The van der Waals surface area contributed by atoms with Crippen LogP contribution in [0.4, 0.5) is 0 Å². The molecule has 31 heavy (non-hydrogen) atoms. The molecule has 0 heterocycles. The topological polar surface area (TPSA) is 49.4 Å². The number of hydrogen-bond acceptors (Lipinski definition) is 2. The van der Waals surface area contributed by atoms with E-state index in [4.69, 9.17) is 0 Å². The second-order valence-corrected chi connectivity index (χ2v) is 9.10. The Morgan fingerprint density at radius 2 is 1.61 bits per heavy atom. The van der Waals surface area contributed by atoms with Gasteiger partial charge in [0.15, 0.2) is 0 Å². The minimum absolute atomic E-state index is 0.0000666. The van der Waals surface area contributed by atoms with Crippen LogP contribution in [0.1, 0.15) is 66.8 Å². The molecule has 0 aromatic heterocycles. The van der Waals surface area contributed by atoms with Crippen LogP contribution < -0.4 is 5.32 Å². The van der Waals surface area contributed by atoms with Gasteiger partial charge in [-0.1, -0.05) is 78.9 Å². The van der Waals surface area contributed by atoms with E-state index in [1.54, 1.807) is 4.90 Å². The SMILES string of the molecule is CCC(C(=O)NC1CCCC1)N(Cc1cccc(C)c1)C(=O)Cc1cc(C)cc(C)c1. The summed E-state index contributed by atoms with van der Waals surface area (Å²) in [5, 5.41) is 3.21. The Morgan fingerprint density at radius 3 is 2.23 bits per heavy atom. The summed E-state index contributed by atoms with van der Waals surface area (Å²) in [7, 11) is 0. The summed E-state index contributed by atoms with van der Waals surface area (Å²) < 4.78 is 0. The number of rotatable bonds is 8. The maximum atomic E-state index is 13.5. The van der Waals surface area contributed by atoms with Crippen molar-refractivity contribution in [2.75, 3.05) is 0 Å². The molecule has 1 saturated carbocycles. The van der Waals surface area contributed by atoms with E-state index in [0.717, 1.165) is 40.7 Å². The Morgan fingerprint density at radius 1 is 0.968 bits per heavy atom. The van der Waals surface area contributed by atoms with Crippen molar-refractivity contribution in [1.29, 1.82) is 0 Å². The molecule has 2 amide bonds. The molecule has 4 nitrogen and oxygen atoms in total. The van der Waals surface area contributed by atoms with E-state index in [1.807, 2.05) is 19.1 Å². The standard InChI is InChI=1S/C27H36N2O2/c1-5-25(27(31)28-24-11-6-7-12-24)29(18-22-10-8-9-19(2)14-22)26(30)17-23-15-20(3)13-21(4)16-23/h8-10,13-16,24-25H,5-7,11-12,17-18H2,1-4H3,(H,28,31). The Hall–Kier alpha value is -2.62. The molecule has 3 rings (SSSR count). The minimum atomic E-state index is -0.459. The van der Waals surface area contributed by atoms with E-state index in [-0.39, 0.29) is 17.9 Å². The van der Waals surface area contributed by atoms with Gasteiger partial charge < -0.3 is 10.2 Å². The first kappa shape index (κ1) is 23.1. The monoisotopic (exact) mass is 420 g/mol. The third-order valence-electron chi connectivity index (χ3n) is 6.16. The first-order valence-corrected chi connectivity index (χ1v) is 11.6. The van der Waals surface area contributed by atoms with Gasteiger partial charge in [-0.3, -0.25) is 9.59 Å². The molecule has 0 radical (unpaired) electrons. The Balaban J connectivity index is 1.84. The van der Waals surface area contributed by atoms with E-state index >= 15 is 0 Å². The van der Waals surface area contributed by atoms with Crippen LogP contribution in [0.15, 0.2) is 42.5 Å². The molecule has 0 spiro atoms. The van der Waals surface area contributed by atoms with Crippen molar-refractivity contribution in [2.45, 2.75) is 84.8 Å². The quantitative estimate of drug-likeness (QED) is 0.652. The predicted molar refractivity (Wildman–Crippen MR) is 126 cm³/mol. The van der Waals surface area contributed by atoms with Crippen molar-refractivity contribution in [3.05, 3.63) is 70.3 Å². The van der Waals surface area contributed by atoms with E-state index < -0.39 is 6.04 Å². The summed E-state index contributed by atoms with van der Waals surface area (Å²) in [6, 6.07) is 14.2. The zero-order valence-corrected chi connectivity index (χ0v) is 19.4. The number of nitrogens with zero attached hydrogens (tertiary/aromatic N) is 1. The number of benzene rings is 2. The lowest BCUT2D eigenvalue weighted by molar-refractivity contribution is -0.141. The van der Waals surface area contributed by atoms with E-state index in [0.29, 0.717) is 19.4 Å². The second-order valence-electron chi connectivity index (χ2n) is 9.10. The fourth-order valence-electron chi connectivity index (χ4n) is 4.74. The lowest BCUT2D eigenvalue weighted by Gasteiger charge is -2.32. The van der Waals surface area contributed by atoms with Crippen LogP contribution in [-0.4, -0.2) is 28.8 Å². The first-order valence-electron chi connectivity index (χ1n) is 11.6. The summed E-state index contributed by atoms with van der Waals surface area (Å²) in [5.74, 6) is -0.0178. The van der Waals surface area contributed by atoms with Crippen LogP contribution in [0.2, 0.25) is 0 Å². The zero-order chi connectivity index (χ0) is 22.4. The summed E-state index contributed by atoms with van der Waals surface area (Å²) in [6.45, 7) is 8.59. The van der Waals surface area contributed by atoms with Gasteiger partial charge in [0.05, 0.1) is 6.42 Å². The molecule has 1 fully saturated rings. The average molecular weight is 421 g/mol. The summed E-state index contributed by atoms with van der Waals surface area (Å²) in [5.41, 5.74) is 5.52. The molecule has 1 unspecified atom stereocenters. The second kappa shape index (κ2) is 10.6. The van der Waals surface area contributed by atoms with Crippen molar-refractivity contribution in [3.8, 4) is 0 Å². The van der Waals surface area contributed by atoms with Crippen molar-refractivity contribution < 1.29 is 9.59 Å². The number of carbonyl (C=O) groups is 2. The molecule has 1 atom stereocenters. The average Bonchev–Trinajstić information content (AvgIpc) is 3.20. The molecular formula is C27H36N2O2.